The van der Waals surface area contributed by atoms with E-state index in [-0.39, 0.29) is 29.3 Å². The molecular weight excluding hydrogens is 435 g/mol. The van der Waals surface area contributed by atoms with Gasteiger partial charge in [-0.3, -0.25) is 14.6 Å². The maximum atomic E-state index is 12.3. The minimum atomic E-state index is -4.81. The van der Waals surface area contributed by atoms with Gasteiger partial charge in [-0.05, 0) is 46.7 Å². The van der Waals surface area contributed by atoms with Crippen molar-refractivity contribution in [2.75, 3.05) is 11.9 Å². The number of aromatic amines is 1. The molecule has 10 nitrogen and oxygen atoms in total. The zero-order valence-electron chi connectivity index (χ0n) is 15.8. The highest BCUT2D eigenvalue weighted by molar-refractivity contribution is 5.97. The van der Waals surface area contributed by atoms with Crippen molar-refractivity contribution < 1.29 is 32.1 Å². The summed E-state index contributed by atoms with van der Waals surface area (Å²) < 4.78 is 50.3. The number of alkyl halides is 3. The van der Waals surface area contributed by atoms with Crippen LogP contribution in [0.5, 0.6) is 11.5 Å². The highest BCUT2D eigenvalue weighted by Crippen LogP contribution is 2.23. The summed E-state index contributed by atoms with van der Waals surface area (Å²) in [6.45, 7) is -0.363. The van der Waals surface area contributed by atoms with Gasteiger partial charge < -0.3 is 14.8 Å². The van der Waals surface area contributed by atoms with Crippen LogP contribution in [0.1, 0.15) is 10.4 Å². The number of Topliss-reactive ketones (excluding diaryl/α,β-unsaturated/α-hetero) is 1. The Bertz CT molecular complexity index is 1320. The van der Waals surface area contributed by atoms with Crippen LogP contribution in [0.25, 0.3) is 11.3 Å². The van der Waals surface area contributed by atoms with Crippen LogP contribution in [0.4, 0.5) is 24.7 Å². The third kappa shape index (κ3) is 5.00. The molecule has 0 unspecified atom stereocenters. The summed E-state index contributed by atoms with van der Waals surface area (Å²) in [4.78, 5) is 30.8. The maximum Gasteiger partial charge on any atom is 0.573 e. The predicted molar refractivity (Wildman–Crippen MR) is 103 cm³/mol. The topological polar surface area (TPSA) is 132 Å². The largest absolute Gasteiger partial charge is 0.573 e. The number of nitrogens with zero attached hydrogens (tertiary/aromatic N) is 3. The highest BCUT2D eigenvalue weighted by Gasteiger charge is 2.31. The van der Waals surface area contributed by atoms with Crippen LogP contribution in [-0.4, -0.2) is 39.0 Å². The van der Waals surface area contributed by atoms with Gasteiger partial charge in [0.15, 0.2) is 18.2 Å². The predicted octanol–water partition coefficient (Wildman–Crippen LogP) is 3.21. The van der Waals surface area contributed by atoms with Gasteiger partial charge in [0, 0.05) is 17.3 Å². The van der Waals surface area contributed by atoms with E-state index in [1.807, 2.05) is 0 Å². The molecule has 32 heavy (non-hydrogen) atoms. The van der Waals surface area contributed by atoms with E-state index in [1.165, 1.54) is 18.2 Å². The van der Waals surface area contributed by atoms with Crippen molar-refractivity contribution in [3.63, 3.8) is 0 Å². The lowest BCUT2D eigenvalue weighted by Crippen LogP contribution is -2.17. The second-order valence-electron chi connectivity index (χ2n) is 6.29. The fourth-order valence-electron chi connectivity index (χ4n) is 2.62. The Balaban J connectivity index is 1.40. The fourth-order valence-corrected chi connectivity index (χ4v) is 2.62. The van der Waals surface area contributed by atoms with Gasteiger partial charge in [-0.25, -0.2) is 4.63 Å². The third-order valence-electron chi connectivity index (χ3n) is 4.01. The first kappa shape index (κ1) is 20.8. The van der Waals surface area contributed by atoms with Gasteiger partial charge in [0.25, 0.3) is 5.56 Å². The fraction of sp³-hybridized carbons (Fsp3) is 0.105. The second-order valence-corrected chi connectivity index (χ2v) is 6.29. The number of hydrogen-bond acceptors (Lipinski definition) is 9. The van der Waals surface area contributed by atoms with Crippen molar-refractivity contribution >= 4 is 28.6 Å². The molecule has 164 valence electrons. The number of nitrogens with one attached hydrogen (secondary N) is 2. The van der Waals surface area contributed by atoms with Gasteiger partial charge in [-0.15, -0.1) is 13.2 Å². The van der Waals surface area contributed by atoms with E-state index in [0.29, 0.717) is 11.4 Å². The molecule has 0 fully saturated rings. The van der Waals surface area contributed by atoms with Crippen LogP contribution in [-0.2, 0) is 0 Å². The average Bonchev–Trinajstić information content (AvgIpc) is 3.19. The van der Waals surface area contributed by atoms with Crippen LogP contribution in [0.3, 0.4) is 0 Å². The number of ether oxygens (including phenoxy) is 2. The van der Waals surface area contributed by atoms with E-state index in [9.17, 15) is 22.8 Å². The van der Waals surface area contributed by atoms with Crippen molar-refractivity contribution in [2.45, 2.75) is 6.36 Å². The monoisotopic (exact) mass is 447 g/mol. The number of carbonyl (C=O) groups excluding carboxylic acids is 1. The van der Waals surface area contributed by atoms with E-state index in [2.05, 4.69) is 35.0 Å². The molecule has 2 aromatic carbocycles. The number of H-pyrrole nitrogens is 1. The molecule has 4 rings (SSSR count). The molecule has 0 aliphatic heterocycles. The number of aromatic nitrogens is 4. The number of fused-ring (bicyclic) bond motifs is 1. The van der Waals surface area contributed by atoms with Crippen molar-refractivity contribution in [1.29, 1.82) is 0 Å². The molecule has 0 amide bonds. The molecule has 0 saturated carbocycles. The van der Waals surface area contributed by atoms with Crippen molar-refractivity contribution in [1.82, 2.24) is 20.3 Å². The summed E-state index contributed by atoms with van der Waals surface area (Å²) in [7, 11) is 0. The molecular formula is C19H12F3N5O5. The van der Waals surface area contributed by atoms with Gasteiger partial charge in [0.05, 0.1) is 0 Å². The summed E-state index contributed by atoms with van der Waals surface area (Å²) in [5.41, 5.74) is 0.259. The first-order valence-electron chi connectivity index (χ1n) is 8.88. The number of carbonyl (C=O) groups is 1. The molecule has 2 heterocycles. The summed E-state index contributed by atoms with van der Waals surface area (Å²) >= 11 is 0. The summed E-state index contributed by atoms with van der Waals surface area (Å²) in [6, 6.07) is 10.9. The minimum absolute atomic E-state index is 0.0532. The number of anilines is 2. The lowest BCUT2D eigenvalue weighted by Gasteiger charge is -2.10. The summed E-state index contributed by atoms with van der Waals surface area (Å²) in [5, 5.41) is 9.84. The van der Waals surface area contributed by atoms with Gasteiger partial charge in [0.1, 0.15) is 11.5 Å². The number of hydrogen-bond donors (Lipinski definition) is 2. The Morgan fingerprint density at radius 2 is 1.88 bits per heavy atom. The van der Waals surface area contributed by atoms with Gasteiger partial charge in [0.2, 0.25) is 11.3 Å². The van der Waals surface area contributed by atoms with E-state index >= 15 is 0 Å². The van der Waals surface area contributed by atoms with E-state index < -0.39 is 23.5 Å². The lowest BCUT2D eigenvalue weighted by molar-refractivity contribution is -0.274. The Morgan fingerprint density at radius 1 is 1.09 bits per heavy atom. The summed E-state index contributed by atoms with van der Waals surface area (Å²) in [6.07, 6.45) is -4.81. The smallest absolute Gasteiger partial charge is 0.485 e. The maximum absolute atomic E-state index is 12.3. The zero-order valence-corrected chi connectivity index (χ0v) is 15.8. The van der Waals surface area contributed by atoms with Gasteiger partial charge in [-0.2, -0.15) is 4.98 Å². The molecule has 0 saturated heterocycles. The van der Waals surface area contributed by atoms with Crippen LogP contribution in [0.15, 0.2) is 58.0 Å². The molecule has 0 bridgehead atoms. The van der Waals surface area contributed by atoms with Crippen LogP contribution in [0.2, 0.25) is 0 Å². The van der Waals surface area contributed by atoms with Gasteiger partial charge >= 0.3 is 6.36 Å². The quantitative estimate of drug-likeness (QED) is 0.410. The number of rotatable bonds is 7. The normalized spacial score (nSPS) is 11.3. The van der Waals surface area contributed by atoms with Crippen molar-refractivity contribution in [2.24, 2.45) is 0 Å². The first-order chi connectivity index (χ1) is 15.3. The molecule has 2 N–H and O–H groups in total. The Hall–Kier alpha value is -4.42. The highest BCUT2D eigenvalue weighted by atomic mass is 19.4. The molecule has 0 radical (unpaired) electrons. The minimum Gasteiger partial charge on any atom is -0.485 e. The lowest BCUT2D eigenvalue weighted by atomic mass is 10.1. The molecule has 0 aliphatic rings. The standard InChI is InChI=1S/C19H12F3N5O5/c20-19(21,22)31-12-6-4-10(5-7-12)14(28)9-30-13-3-1-2-11(8-13)23-17-18(29)25-16-15(24-17)26-32-27-16/h1-8H,9H2,(H,23,24,26)(H,25,27,29). The van der Waals surface area contributed by atoms with Gasteiger partial charge in [-0.1, -0.05) is 6.07 Å². The Morgan fingerprint density at radius 3 is 2.62 bits per heavy atom. The molecule has 0 aliphatic carbocycles. The van der Waals surface area contributed by atoms with Crippen LogP contribution < -0.4 is 20.3 Å². The zero-order chi connectivity index (χ0) is 22.7. The van der Waals surface area contributed by atoms with Crippen LogP contribution in [0, 0.1) is 0 Å². The third-order valence-corrected chi connectivity index (χ3v) is 4.01. The van der Waals surface area contributed by atoms with Crippen LogP contribution >= 0.6 is 0 Å². The molecule has 13 heteroatoms. The van der Waals surface area contributed by atoms with Crippen molar-refractivity contribution in [3.05, 3.63) is 64.4 Å². The van der Waals surface area contributed by atoms with Crippen molar-refractivity contribution in [3.8, 4) is 11.5 Å². The average molecular weight is 447 g/mol. The summed E-state index contributed by atoms with van der Waals surface area (Å²) in [5.74, 6) is -0.635. The molecule has 4 aromatic rings. The molecule has 0 atom stereocenters. The number of benzene rings is 2. The van der Waals surface area contributed by atoms with E-state index in [0.717, 1.165) is 12.1 Å². The van der Waals surface area contributed by atoms with E-state index in [1.54, 1.807) is 18.2 Å². The van der Waals surface area contributed by atoms with E-state index in [4.69, 9.17) is 4.74 Å². The molecule has 2 aromatic heterocycles. The SMILES string of the molecule is O=C(COc1cccc(Nc2nc3nonc3[nH]c2=O)c1)c1ccc(OC(F)(F)F)cc1. The number of halogens is 3. The molecule has 0 spiro atoms. The number of ketones is 1. The Labute approximate surface area is 175 Å². The second kappa shape index (κ2) is 8.37. The Kier molecular flexibility index (Phi) is 5.45. The first-order valence-corrected chi connectivity index (χ1v) is 8.88.